The van der Waals surface area contributed by atoms with E-state index in [9.17, 15) is 0 Å². The molecule has 0 atom stereocenters. The average Bonchev–Trinajstić information content (AvgIpc) is 2.86. The normalized spacial score (nSPS) is 17.5. The first kappa shape index (κ1) is 22.7. The van der Waals surface area contributed by atoms with Gasteiger partial charge in [-0.3, -0.25) is 9.41 Å². The van der Waals surface area contributed by atoms with Crippen molar-refractivity contribution in [1.82, 2.24) is 0 Å². The fourth-order valence-electron chi connectivity index (χ4n) is 3.02. The second-order valence-electron chi connectivity index (χ2n) is 8.82. The summed E-state index contributed by atoms with van der Waals surface area (Å²) >= 11 is -0.554. The van der Waals surface area contributed by atoms with Gasteiger partial charge < -0.3 is 0 Å². The molecule has 0 aromatic carbocycles. The van der Waals surface area contributed by atoms with Crippen molar-refractivity contribution in [2.45, 2.75) is 67.2 Å². The van der Waals surface area contributed by atoms with Gasteiger partial charge in [-0.1, -0.05) is 0 Å². The quantitative estimate of drug-likeness (QED) is 0.493. The van der Waals surface area contributed by atoms with E-state index in [0.717, 1.165) is 0 Å². The molecule has 0 heterocycles. The standard InChI is InChI=1S/2C10H15.2FH.Zr/c2*1-10(2,3)8-9-6-4-5-7-9;;;/h2*4,6H,5,8H2,1-3H3;2*1H;. The molecule has 0 radical (unpaired) electrons. The van der Waals surface area contributed by atoms with Crippen LogP contribution in [0.2, 0.25) is 0 Å². The van der Waals surface area contributed by atoms with Crippen LogP contribution in [0.3, 0.4) is 0 Å². The molecule has 0 nitrogen and oxygen atoms in total. The monoisotopic (exact) mass is 400 g/mol. The van der Waals surface area contributed by atoms with Crippen molar-refractivity contribution < 1.29 is 32.6 Å². The van der Waals surface area contributed by atoms with Gasteiger partial charge >= 0.3 is 143 Å². The Labute approximate surface area is 152 Å². The molecular formula is C20H32F2Zr. The fourth-order valence-corrected chi connectivity index (χ4v) is 6.63. The molecule has 0 aromatic rings. The van der Waals surface area contributed by atoms with Crippen LogP contribution in [0.15, 0.2) is 42.0 Å². The number of rotatable bonds is 4. The van der Waals surface area contributed by atoms with Gasteiger partial charge in [0.1, 0.15) is 0 Å². The first-order valence-corrected chi connectivity index (χ1v) is 10.6. The predicted octanol–water partition coefficient (Wildman–Crippen LogP) is 6.67. The van der Waals surface area contributed by atoms with Crippen LogP contribution in [0.1, 0.15) is 67.2 Å². The Balaban J connectivity index is 0.00000242. The van der Waals surface area contributed by atoms with Gasteiger partial charge in [0.25, 0.3) is 0 Å². The van der Waals surface area contributed by atoms with Crippen LogP contribution in [0, 0.1) is 10.8 Å². The first-order chi connectivity index (χ1) is 9.64. The molecule has 0 unspecified atom stereocenters. The largest absolute Gasteiger partial charge is 0.269 e. The molecule has 0 bridgehead atoms. The van der Waals surface area contributed by atoms with Crippen molar-refractivity contribution in [2.24, 2.45) is 10.8 Å². The van der Waals surface area contributed by atoms with Gasteiger partial charge in [0.2, 0.25) is 0 Å². The maximum absolute atomic E-state index is 2.41. The van der Waals surface area contributed by atoms with Crippen molar-refractivity contribution >= 4 is 0 Å². The maximum atomic E-state index is 2.41. The van der Waals surface area contributed by atoms with Crippen LogP contribution < -0.4 is 0 Å². The minimum absolute atomic E-state index is 0. The minimum atomic E-state index is -0.554. The van der Waals surface area contributed by atoms with Gasteiger partial charge in [-0.15, -0.1) is 0 Å². The molecule has 3 heteroatoms. The number of hydrogen-bond acceptors (Lipinski definition) is 0. The molecule has 130 valence electrons. The molecular weight excluding hydrogens is 369 g/mol. The third kappa shape index (κ3) is 7.42. The molecule has 0 aliphatic heterocycles. The van der Waals surface area contributed by atoms with Crippen LogP contribution >= 0.6 is 0 Å². The molecule has 2 aliphatic carbocycles. The second kappa shape index (κ2) is 8.70. The zero-order valence-electron chi connectivity index (χ0n) is 15.5. The Kier molecular flexibility index (Phi) is 8.59. The fraction of sp³-hybridized carbons (Fsp3) is 0.600. The van der Waals surface area contributed by atoms with E-state index < -0.39 is 23.2 Å². The number of halogens is 2. The Morgan fingerprint density at radius 1 is 0.739 bits per heavy atom. The maximum Gasteiger partial charge on any atom is -0.269 e. The van der Waals surface area contributed by atoms with Gasteiger partial charge in [-0.25, -0.2) is 0 Å². The van der Waals surface area contributed by atoms with Crippen LogP contribution in [-0.2, 0) is 23.2 Å². The zero-order chi connectivity index (χ0) is 15.7. The summed E-state index contributed by atoms with van der Waals surface area (Å²) in [5, 5.41) is 0. The van der Waals surface area contributed by atoms with E-state index in [1.54, 1.807) is 11.1 Å². The topological polar surface area (TPSA) is 0 Å². The van der Waals surface area contributed by atoms with Gasteiger partial charge in [0, 0.05) is 0 Å². The van der Waals surface area contributed by atoms with Crippen LogP contribution in [0.5, 0.6) is 0 Å². The third-order valence-electron chi connectivity index (χ3n) is 3.80. The second-order valence-corrected chi connectivity index (χ2v) is 12.4. The molecule has 0 amide bonds. The van der Waals surface area contributed by atoms with Crippen LogP contribution in [-0.4, -0.2) is 0 Å². The van der Waals surface area contributed by atoms with Crippen molar-refractivity contribution in [3.63, 3.8) is 0 Å². The van der Waals surface area contributed by atoms with E-state index in [2.05, 4.69) is 65.8 Å². The van der Waals surface area contributed by atoms with E-state index in [-0.39, 0.29) is 9.41 Å². The molecule has 0 aromatic heterocycles. The van der Waals surface area contributed by atoms with E-state index in [4.69, 9.17) is 0 Å². The predicted molar refractivity (Wildman–Crippen MR) is 94.7 cm³/mol. The summed E-state index contributed by atoms with van der Waals surface area (Å²) in [5.41, 5.74) is 4.16. The summed E-state index contributed by atoms with van der Waals surface area (Å²) in [6.07, 6.45) is 14.6. The van der Waals surface area contributed by atoms with Gasteiger partial charge in [0.05, 0.1) is 0 Å². The summed E-state index contributed by atoms with van der Waals surface area (Å²) in [6, 6.07) is 0. The zero-order valence-corrected chi connectivity index (χ0v) is 17.9. The number of allylic oxidation sites excluding steroid dienone is 8. The van der Waals surface area contributed by atoms with Gasteiger partial charge in [-0.05, 0) is 0 Å². The Morgan fingerprint density at radius 3 is 1.39 bits per heavy atom. The smallest absolute Gasteiger partial charge is 0.269 e. The molecule has 0 N–H and O–H groups in total. The molecule has 0 fully saturated rings. The van der Waals surface area contributed by atoms with Gasteiger partial charge in [0.15, 0.2) is 0 Å². The Morgan fingerprint density at radius 2 is 1.09 bits per heavy atom. The van der Waals surface area contributed by atoms with Crippen molar-refractivity contribution in [2.75, 3.05) is 0 Å². The van der Waals surface area contributed by atoms with E-state index in [0.29, 0.717) is 10.8 Å². The molecule has 2 rings (SSSR count). The van der Waals surface area contributed by atoms with Crippen molar-refractivity contribution in [3.05, 3.63) is 42.0 Å². The van der Waals surface area contributed by atoms with Crippen LogP contribution in [0.4, 0.5) is 9.41 Å². The molecule has 23 heavy (non-hydrogen) atoms. The molecule has 2 aliphatic rings. The summed E-state index contributed by atoms with van der Waals surface area (Å²) < 4.78 is 3.66. The SMILES string of the molecule is CC(C)(C)CC1=[C]([Zr][C]2=C(CC(C)(C)C)C=CC2)CC=C1.F.F. The number of hydrogen-bond donors (Lipinski definition) is 0. The minimum Gasteiger partial charge on any atom is -0.269 e. The average molecular weight is 402 g/mol. The van der Waals surface area contributed by atoms with E-state index in [1.807, 2.05) is 6.56 Å². The molecule has 0 spiro atoms. The molecule has 0 saturated heterocycles. The van der Waals surface area contributed by atoms with Crippen molar-refractivity contribution in [3.8, 4) is 0 Å². The summed E-state index contributed by atoms with van der Waals surface area (Å²) in [6.45, 7) is 14.1. The Hall–Kier alpha value is -0.297. The Bertz CT molecular complexity index is 475. The third-order valence-corrected chi connectivity index (χ3v) is 7.87. The van der Waals surface area contributed by atoms with Crippen molar-refractivity contribution in [1.29, 1.82) is 0 Å². The van der Waals surface area contributed by atoms with E-state index in [1.165, 1.54) is 25.7 Å². The summed E-state index contributed by atoms with van der Waals surface area (Å²) in [7, 11) is 0. The summed E-state index contributed by atoms with van der Waals surface area (Å²) in [4.78, 5) is 0. The van der Waals surface area contributed by atoms with Gasteiger partial charge in [-0.2, -0.15) is 0 Å². The first-order valence-electron chi connectivity index (χ1n) is 8.18. The summed E-state index contributed by atoms with van der Waals surface area (Å²) in [5.74, 6) is 0. The molecule has 0 saturated carbocycles. The van der Waals surface area contributed by atoms with E-state index >= 15 is 0 Å². The van der Waals surface area contributed by atoms with Crippen LogP contribution in [0.25, 0.3) is 0 Å².